The van der Waals surface area contributed by atoms with Gasteiger partial charge in [-0.3, -0.25) is 14.9 Å². The summed E-state index contributed by atoms with van der Waals surface area (Å²) >= 11 is 1.72. The number of rotatable bonds is 5. The smallest absolute Gasteiger partial charge is 0.238 e. The van der Waals surface area contributed by atoms with Gasteiger partial charge in [-0.2, -0.15) is 0 Å². The fourth-order valence-electron chi connectivity index (χ4n) is 2.53. The molecular formula is C13H23N3O2S. The number of carbonyl (C=O) groups is 2. The van der Waals surface area contributed by atoms with Crippen molar-refractivity contribution >= 4 is 23.6 Å². The summed E-state index contributed by atoms with van der Waals surface area (Å²) in [6.07, 6.45) is 6.29. The molecule has 1 atom stereocenters. The first-order valence-electron chi connectivity index (χ1n) is 7.14. The number of hydrogen-bond donors (Lipinski definition) is 3. The predicted octanol–water partition coefficient (Wildman–Crippen LogP) is 0.604. The lowest BCUT2D eigenvalue weighted by atomic mass is 9.95. The van der Waals surface area contributed by atoms with Crippen LogP contribution in [-0.4, -0.2) is 42.1 Å². The Hall–Kier alpha value is -0.750. The lowest BCUT2D eigenvalue weighted by Crippen LogP contribution is -2.43. The number of carbonyl (C=O) groups excluding carboxylic acids is 2. The summed E-state index contributed by atoms with van der Waals surface area (Å²) in [4.78, 5) is 23.4. The molecule has 0 spiro atoms. The zero-order chi connectivity index (χ0) is 13.5. The number of hydrogen-bond acceptors (Lipinski definition) is 4. The minimum Gasteiger partial charge on any atom is -0.354 e. The van der Waals surface area contributed by atoms with Gasteiger partial charge < -0.3 is 10.6 Å². The standard InChI is InChI=1S/C13H23N3O2S/c17-12(16-10-4-2-1-3-5-10)6-7-14-13(18)11-8-19-9-15-11/h10-11,15H,1-9H2,(H,14,18)(H,16,17). The molecule has 2 rings (SSSR count). The third kappa shape index (κ3) is 5.03. The van der Waals surface area contributed by atoms with E-state index in [1.807, 2.05) is 0 Å². The van der Waals surface area contributed by atoms with Gasteiger partial charge in [-0.15, -0.1) is 11.8 Å². The number of nitrogens with one attached hydrogen (secondary N) is 3. The van der Waals surface area contributed by atoms with Crippen molar-refractivity contribution in [2.45, 2.75) is 50.6 Å². The van der Waals surface area contributed by atoms with Gasteiger partial charge in [0.25, 0.3) is 0 Å². The molecular weight excluding hydrogens is 262 g/mol. The van der Waals surface area contributed by atoms with E-state index in [1.54, 1.807) is 11.8 Å². The SMILES string of the molecule is O=C(CCNC(=O)C1CSCN1)NC1CCCCC1. The van der Waals surface area contributed by atoms with Crippen molar-refractivity contribution < 1.29 is 9.59 Å². The monoisotopic (exact) mass is 285 g/mol. The summed E-state index contributed by atoms with van der Waals surface area (Å²) in [6.45, 7) is 0.431. The van der Waals surface area contributed by atoms with E-state index in [-0.39, 0.29) is 17.9 Å². The molecule has 0 aromatic rings. The minimum absolute atomic E-state index is 0.00969. The van der Waals surface area contributed by atoms with Crippen LogP contribution in [0.3, 0.4) is 0 Å². The van der Waals surface area contributed by atoms with Gasteiger partial charge in [0.1, 0.15) is 0 Å². The largest absolute Gasteiger partial charge is 0.354 e. The van der Waals surface area contributed by atoms with Gasteiger partial charge in [-0.25, -0.2) is 0 Å². The van der Waals surface area contributed by atoms with E-state index in [1.165, 1.54) is 19.3 Å². The lowest BCUT2D eigenvalue weighted by molar-refractivity contribution is -0.123. The van der Waals surface area contributed by atoms with Gasteiger partial charge in [0.15, 0.2) is 0 Å². The second kappa shape index (κ2) is 7.75. The maximum absolute atomic E-state index is 11.7. The van der Waals surface area contributed by atoms with E-state index < -0.39 is 0 Å². The molecule has 0 aromatic carbocycles. The van der Waals surface area contributed by atoms with E-state index in [2.05, 4.69) is 16.0 Å². The van der Waals surface area contributed by atoms with Crippen LogP contribution in [0.5, 0.6) is 0 Å². The van der Waals surface area contributed by atoms with Crippen LogP contribution in [0.15, 0.2) is 0 Å². The Morgan fingerprint density at radius 2 is 2.00 bits per heavy atom. The van der Waals surface area contributed by atoms with Gasteiger partial charge in [-0.05, 0) is 12.8 Å². The Morgan fingerprint density at radius 3 is 2.68 bits per heavy atom. The zero-order valence-corrected chi connectivity index (χ0v) is 12.1. The molecule has 1 saturated heterocycles. The van der Waals surface area contributed by atoms with E-state index in [0.717, 1.165) is 24.5 Å². The molecule has 1 saturated carbocycles. The van der Waals surface area contributed by atoms with Crippen LogP contribution in [0, 0.1) is 0 Å². The molecule has 0 aromatic heterocycles. The van der Waals surface area contributed by atoms with Crippen LogP contribution in [0.25, 0.3) is 0 Å². The van der Waals surface area contributed by atoms with Crippen LogP contribution < -0.4 is 16.0 Å². The van der Waals surface area contributed by atoms with Gasteiger partial charge >= 0.3 is 0 Å². The van der Waals surface area contributed by atoms with E-state index in [9.17, 15) is 9.59 Å². The Bertz CT molecular complexity index is 313. The van der Waals surface area contributed by atoms with Crippen molar-refractivity contribution in [1.82, 2.24) is 16.0 Å². The van der Waals surface area contributed by atoms with E-state index >= 15 is 0 Å². The highest BCUT2D eigenvalue weighted by Gasteiger charge is 2.22. The van der Waals surface area contributed by atoms with Gasteiger partial charge in [0.2, 0.25) is 11.8 Å². The summed E-state index contributed by atoms with van der Waals surface area (Å²) in [5.74, 6) is 1.72. The Kier molecular flexibility index (Phi) is 5.97. The van der Waals surface area contributed by atoms with E-state index in [4.69, 9.17) is 0 Å². The molecule has 5 nitrogen and oxygen atoms in total. The molecule has 0 radical (unpaired) electrons. The fourth-order valence-corrected chi connectivity index (χ4v) is 3.47. The average molecular weight is 285 g/mol. The first-order valence-corrected chi connectivity index (χ1v) is 8.29. The Labute approximate surface area is 118 Å². The summed E-state index contributed by atoms with van der Waals surface area (Å²) in [6, 6.07) is 0.260. The van der Waals surface area contributed by atoms with Crippen molar-refractivity contribution in [3.05, 3.63) is 0 Å². The number of amides is 2. The third-order valence-electron chi connectivity index (χ3n) is 3.65. The van der Waals surface area contributed by atoms with Crippen molar-refractivity contribution in [2.24, 2.45) is 0 Å². The summed E-state index contributed by atoms with van der Waals surface area (Å²) < 4.78 is 0. The normalized spacial score (nSPS) is 24.1. The lowest BCUT2D eigenvalue weighted by Gasteiger charge is -2.22. The molecule has 1 aliphatic carbocycles. The molecule has 2 aliphatic rings. The summed E-state index contributed by atoms with van der Waals surface area (Å²) in [5.41, 5.74) is 0. The molecule has 6 heteroatoms. The maximum atomic E-state index is 11.7. The highest BCUT2D eigenvalue weighted by Crippen LogP contribution is 2.17. The van der Waals surface area contributed by atoms with Crippen molar-refractivity contribution in [3.63, 3.8) is 0 Å². The second-order valence-electron chi connectivity index (χ2n) is 5.22. The molecule has 1 unspecified atom stereocenters. The molecule has 2 fully saturated rings. The minimum atomic E-state index is -0.0913. The molecule has 1 aliphatic heterocycles. The van der Waals surface area contributed by atoms with Crippen molar-refractivity contribution in [3.8, 4) is 0 Å². The first-order chi connectivity index (χ1) is 9.25. The third-order valence-corrected chi connectivity index (χ3v) is 4.59. The maximum Gasteiger partial charge on any atom is 0.238 e. The molecule has 3 N–H and O–H groups in total. The first kappa shape index (κ1) is 14.7. The quantitative estimate of drug-likeness (QED) is 0.692. The van der Waals surface area contributed by atoms with Crippen LogP contribution >= 0.6 is 11.8 Å². The van der Waals surface area contributed by atoms with Crippen LogP contribution in [-0.2, 0) is 9.59 Å². The second-order valence-corrected chi connectivity index (χ2v) is 6.25. The Balaban J connectivity index is 1.56. The fraction of sp³-hybridized carbons (Fsp3) is 0.846. The van der Waals surface area contributed by atoms with Gasteiger partial charge in [0, 0.05) is 30.6 Å². The summed E-state index contributed by atoms with van der Waals surface area (Å²) in [5, 5.41) is 8.98. The highest BCUT2D eigenvalue weighted by molar-refractivity contribution is 7.99. The van der Waals surface area contributed by atoms with Crippen molar-refractivity contribution in [2.75, 3.05) is 18.2 Å². The molecule has 19 heavy (non-hydrogen) atoms. The van der Waals surface area contributed by atoms with Crippen LogP contribution in [0.1, 0.15) is 38.5 Å². The van der Waals surface area contributed by atoms with Crippen LogP contribution in [0.2, 0.25) is 0 Å². The summed E-state index contributed by atoms with van der Waals surface area (Å²) in [7, 11) is 0. The molecule has 1 heterocycles. The van der Waals surface area contributed by atoms with Gasteiger partial charge in [0.05, 0.1) is 6.04 Å². The van der Waals surface area contributed by atoms with Crippen LogP contribution in [0.4, 0.5) is 0 Å². The Morgan fingerprint density at radius 1 is 1.21 bits per heavy atom. The average Bonchev–Trinajstić information content (AvgIpc) is 2.93. The highest BCUT2D eigenvalue weighted by atomic mass is 32.2. The van der Waals surface area contributed by atoms with Gasteiger partial charge in [-0.1, -0.05) is 19.3 Å². The molecule has 2 amide bonds. The zero-order valence-electron chi connectivity index (χ0n) is 11.2. The van der Waals surface area contributed by atoms with Crippen molar-refractivity contribution in [1.29, 1.82) is 0 Å². The molecule has 0 bridgehead atoms. The molecule has 108 valence electrons. The number of thioether (sulfide) groups is 1. The van der Waals surface area contributed by atoms with E-state index in [0.29, 0.717) is 19.0 Å². The topological polar surface area (TPSA) is 70.2 Å². The predicted molar refractivity (Wildman–Crippen MR) is 76.9 cm³/mol.